The van der Waals surface area contributed by atoms with Gasteiger partial charge in [-0.05, 0) is 54.8 Å². The number of rotatable bonds is 5. The molecule has 1 aliphatic heterocycles. The Labute approximate surface area is 191 Å². The van der Waals surface area contributed by atoms with Gasteiger partial charge in [-0.3, -0.25) is 9.36 Å². The van der Waals surface area contributed by atoms with Crippen LogP contribution in [-0.2, 0) is 17.8 Å². The van der Waals surface area contributed by atoms with Gasteiger partial charge in [-0.2, -0.15) is 0 Å². The summed E-state index contributed by atoms with van der Waals surface area (Å²) in [5, 5.41) is 0.500. The van der Waals surface area contributed by atoms with Gasteiger partial charge in [0.25, 0.3) is 5.56 Å². The van der Waals surface area contributed by atoms with Gasteiger partial charge in [0.2, 0.25) is 0 Å². The monoisotopic (exact) mass is 472 g/mol. The van der Waals surface area contributed by atoms with E-state index >= 15 is 0 Å². The average Bonchev–Trinajstić information content (AvgIpc) is 3.45. The molecule has 1 atom stereocenters. The summed E-state index contributed by atoms with van der Waals surface area (Å²) in [5.74, 6) is -1.93. The van der Waals surface area contributed by atoms with Crippen molar-refractivity contribution >= 4 is 22.8 Å². The molecule has 0 N–H and O–H groups in total. The van der Waals surface area contributed by atoms with Crippen LogP contribution in [0.5, 0.6) is 0 Å². The standard InChI is InChI=1S/C23H19ClF2N4O3/c24-15-4-6-16(7-5-15)30-21-20(22(31)29(23(30)32)12-17-2-1-9-33-17)28(13-27-21)11-14-3-8-18(25)19(26)10-14/h3-8,10,13,17H,1-2,9,11-12H2. The molecular formula is C23H19ClF2N4O3. The summed E-state index contributed by atoms with van der Waals surface area (Å²) < 4.78 is 36.8. The van der Waals surface area contributed by atoms with Crippen molar-refractivity contribution in [2.75, 3.05) is 6.61 Å². The third-order valence-electron chi connectivity index (χ3n) is 5.73. The molecule has 1 saturated heterocycles. The maximum absolute atomic E-state index is 13.7. The lowest BCUT2D eigenvalue weighted by Crippen LogP contribution is -2.42. The predicted molar refractivity (Wildman–Crippen MR) is 119 cm³/mol. The maximum atomic E-state index is 13.7. The van der Waals surface area contributed by atoms with Gasteiger partial charge in [0.15, 0.2) is 22.8 Å². The molecule has 2 aromatic carbocycles. The first-order valence-electron chi connectivity index (χ1n) is 10.4. The van der Waals surface area contributed by atoms with Crippen molar-refractivity contribution in [1.29, 1.82) is 0 Å². The molecule has 0 spiro atoms. The van der Waals surface area contributed by atoms with Gasteiger partial charge in [0, 0.05) is 18.2 Å². The molecule has 10 heteroatoms. The van der Waals surface area contributed by atoms with E-state index in [9.17, 15) is 18.4 Å². The fourth-order valence-electron chi connectivity index (χ4n) is 4.11. The molecule has 4 aromatic rings. The number of halogens is 3. The quantitative estimate of drug-likeness (QED) is 0.445. The first-order valence-corrected chi connectivity index (χ1v) is 10.8. The lowest BCUT2D eigenvalue weighted by molar-refractivity contribution is 0.0950. The van der Waals surface area contributed by atoms with Crippen molar-refractivity contribution in [2.24, 2.45) is 0 Å². The van der Waals surface area contributed by atoms with Crippen LogP contribution in [0.3, 0.4) is 0 Å². The number of hydrogen-bond acceptors (Lipinski definition) is 4. The zero-order valence-corrected chi connectivity index (χ0v) is 18.1. The summed E-state index contributed by atoms with van der Waals surface area (Å²) >= 11 is 6.01. The number of aromatic nitrogens is 4. The fraction of sp³-hybridized carbons (Fsp3) is 0.261. The maximum Gasteiger partial charge on any atom is 0.337 e. The molecule has 7 nitrogen and oxygen atoms in total. The Bertz CT molecular complexity index is 1450. The van der Waals surface area contributed by atoms with Crippen LogP contribution < -0.4 is 11.2 Å². The van der Waals surface area contributed by atoms with Gasteiger partial charge in [0.05, 0.1) is 24.7 Å². The molecule has 0 aliphatic carbocycles. The van der Waals surface area contributed by atoms with Crippen LogP contribution >= 0.6 is 11.6 Å². The van der Waals surface area contributed by atoms with E-state index in [2.05, 4.69) is 4.98 Å². The summed E-state index contributed by atoms with van der Waals surface area (Å²) in [5.41, 5.74) is 0.223. The van der Waals surface area contributed by atoms with Crippen LogP contribution in [0.4, 0.5) is 8.78 Å². The van der Waals surface area contributed by atoms with Crippen LogP contribution in [0.1, 0.15) is 18.4 Å². The summed E-state index contributed by atoms with van der Waals surface area (Å²) in [7, 11) is 0. The SMILES string of the molecule is O=c1c2c(ncn2Cc2ccc(F)c(F)c2)n(-c2ccc(Cl)cc2)c(=O)n1CC1CCCO1. The number of ether oxygens (including phenoxy) is 1. The van der Waals surface area contributed by atoms with E-state index in [1.807, 2.05) is 0 Å². The average molecular weight is 473 g/mol. The molecule has 1 unspecified atom stereocenters. The third-order valence-corrected chi connectivity index (χ3v) is 5.98. The first-order chi connectivity index (χ1) is 15.9. The van der Waals surface area contributed by atoms with E-state index in [1.165, 1.54) is 21.5 Å². The minimum absolute atomic E-state index is 0.0711. The highest BCUT2D eigenvalue weighted by molar-refractivity contribution is 6.30. The molecule has 3 heterocycles. The van der Waals surface area contributed by atoms with Crippen LogP contribution in [0, 0.1) is 11.6 Å². The molecule has 0 radical (unpaired) electrons. The Hall–Kier alpha value is -3.30. The van der Waals surface area contributed by atoms with Gasteiger partial charge in [-0.15, -0.1) is 0 Å². The second kappa shape index (κ2) is 8.57. The van der Waals surface area contributed by atoms with Gasteiger partial charge in [-0.25, -0.2) is 23.1 Å². The minimum atomic E-state index is -0.981. The van der Waals surface area contributed by atoms with Crippen LogP contribution in [0.15, 0.2) is 58.4 Å². The number of fused-ring (bicyclic) bond motifs is 1. The normalized spacial score (nSPS) is 16.0. The van der Waals surface area contributed by atoms with E-state index in [1.54, 1.807) is 24.3 Å². The van der Waals surface area contributed by atoms with E-state index in [4.69, 9.17) is 16.3 Å². The molecule has 0 amide bonds. The molecule has 0 bridgehead atoms. The van der Waals surface area contributed by atoms with Crippen LogP contribution in [0.25, 0.3) is 16.9 Å². The van der Waals surface area contributed by atoms with E-state index in [0.29, 0.717) is 22.9 Å². The van der Waals surface area contributed by atoms with E-state index < -0.39 is 22.9 Å². The molecule has 170 valence electrons. The number of benzene rings is 2. The second-order valence-corrected chi connectivity index (χ2v) is 8.37. The number of imidazole rings is 1. The lowest BCUT2D eigenvalue weighted by atomic mass is 10.2. The topological polar surface area (TPSA) is 71.0 Å². The Kier molecular flexibility index (Phi) is 5.59. The molecule has 5 rings (SSSR count). The van der Waals surface area contributed by atoms with Gasteiger partial charge >= 0.3 is 5.69 Å². The van der Waals surface area contributed by atoms with Crippen molar-refractivity contribution < 1.29 is 13.5 Å². The number of nitrogens with zero attached hydrogens (tertiary/aromatic N) is 4. The fourth-order valence-corrected chi connectivity index (χ4v) is 4.24. The van der Waals surface area contributed by atoms with Crippen LogP contribution in [0.2, 0.25) is 5.02 Å². The summed E-state index contributed by atoms with van der Waals surface area (Å²) in [6.07, 6.45) is 2.78. The molecule has 0 saturated carbocycles. The third kappa shape index (κ3) is 3.98. The van der Waals surface area contributed by atoms with Crippen molar-refractivity contribution in [3.8, 4) is 5.69 Å². The van der Waals surface area contributed by atoms with Gasteiger partial charge in [0.1, 0.15) is 0 Å². The first kappa shape index (κ1) is 21.5. The zero-order chi connectivity index (χ0) is 23.1. The predicted octanol–water partition coefficient (Wildman–Crippen LogP) is 3.51. The minimum Gasteiger partial charge on any atom is -0.376 e. The van der Waals surface area contributed by atoms with Gasteiger partial charge < -0.3 is 9.30 Å². The Morgan fingerprint density at radius 3 is 2.58 bits per heavy atom. The summed E-state index contributed by atoms with van der Waals surface area (Å²) in [6, 6.07) is 10.2. The highest BCUT2D eigenvalue weighted by Gasteiger charge is 2.23. The molecule has 2 aromatic heterocycles. The Morgan fingerprint density at radius 1 is 1.09 bits per heavy atom. The van der Waals surface area contributed by atoms with Crippen molar-refractivity contribution in [1.82, 2.24) is 18.7 Å². The highest BCUT2D eigenvalue weighted by atomic mass is 35.5. The molecule has 1 aliphatic rings. The van der Waals surface area contributed by atoms with E-state index in [0.717, 1.165) is 29.5 Å². The van der Waals surface area contributed by atoms with E-state index in [-0.39, 0.29) is 30.4 Å². The van der Waals surface area contributed by atoms with Crippen molar-refractivity contribution in [3.05, 3.63) is 91.9 Å². The highest BCUT2D eigenvalue weighted by Crippen LogP contribution is 2.19. The number of hydrogen-bond donors (Lipinski definition) is 0. The Balaban J connectivity index is 1.71. The molecule has 1 fully saturated rings. The zero-order valence-electron chi connectivity index (χ0n) is 17.4. The molecule has 33 heavy (non-hydrogen) atoms. The lowest BCUT2D eigenvalue weighted by Gasteiger charge is -2.15. The molecular weight excluding hydrogens is 454 g/mol. The van der Waals surface area contributed by atoms with Crippen LogP contribution in [-0.4, -0.2) is 31.4 Å². The smallest absolute Gasteiger partial charge is 0.337 e. The largest absolute Gasteiger partial charge is 0.376 e. The van der Waals surface area contributed by atoms with Crippen molar-refractivity contribution in [3.63, 3.8) is 0 Å². The Morgan fingerprint density at radius 2 is 1.88 bits per heavy atom. The summed E-state index contributed by atoms with van der Waals surface area (Å²) in [4.78, 5) is 31.2. The van der Waals surface area contributed by atoms with Gasteiger partial charge in [-0.1, -0.05) is 17.7 Å². The second-order valence-electron chi connectivity index (χ2n) is 7.94. The van der Waals surface area contributed by atoms with Crippen molar-refractivity contribution in [2.45, 2.75) is 32.0 Å². The summed E-state index contributed by atoms with van der Waals surface area (Å²) in [6.45, 7) is 0.764.